The minimum atomic E-state index is -0.538. The number of hydrogen-bond acceptors (Lipinski definition) is 4. The van der Waals surface area contributed by atoms with Crippen LogP contribution < -0.4 is 15.8 Å². The van der Waals surface area contributed by atoms with Crippen molar-refractivity contribution < 1.29 is 13.9 Å². The van der Waals surface area contributed by atoms with Crippen LogP contribution in [0.3, 0.4) is 0 Å². The Labute approximate surface area is 115 Å². The number of nitrogen functional groups attached to an aromatic ring is 1. The molecule has 0 aliphatic carbocycles. The highest BCUT2D eigenvalue weighted by molar-refractivity contribution is 6.07. The van der Waals surface area contributed by atoms with Crippen LogP contribution in [0.1, 0.15) is 17.3 Å². The highest BCUT2D eigenvalue weighted by Crippen LogP contribution is 2.22. The fraction of sp³-hybridized carbons (Fsp3) is 0.143. The topological polar surface area (TPSA) is 77.2 Å². The number of hydrogen-bond donors (Lipinski definition) is 2. The van der Waals surface area contributed by atoms with Crippen molar-refractivity contribution in [1.29, 1.82) is 0 Å². The molecule has 20 heavy (non-hydrogen) atoms. The maximum atomic E-state index is 13.7. The minimum Gasteiger partial charge on any atom is -0.491 e. The number of nitrogens with two attached hydrogens (primary N) is 1. The largest absolute Gasteiger partial charge is 0.491 e. The summed E-state index contributed by atoms with van der Waals surface area (Å²) in [5.41, 5.74) is 6.16. The minimum absolute atomic E-state index is 0.122. The molecule has 0 fully saturated rings. The molecule has 1 aromatic carbocycles. The molecular formula is C14H14FN3O2. The Morgan fingerprint density at radius 1 is 1.45 bits per heavy atom. The van der Waals surface area contributed by atoms with E-state index in [9.17, 15) is 9.18 Å². The molecule has 0 aliphatic rings. The number of aromatic nitrogens is 1. The second-order valence-electron chi connectivity index (χ2n) is 3.97. The number of anilines is 2. The van der Waals surface area contributed by atoms with E-state index >= 15 is 0 Å². The second-order valence-corrected chi connectivity index (χ2v) is 3.97. The zero-order chi connectivity index (χ0) is 14.5. The second kappa shape index (κ2) is 6.01. The van der Waals surface area contributed by atoms with Crippen molar-refractivity contribution in [1.82, 2.24) is 4.98 Å². The lowest BCUT2D eigenvalue weighted by molar-refractivity contribution is 0.102. The van der Waals surface area contributed by atoms with Gasteiger partial charge >= 0.3 is 0 Å². The molecule has 6 heteroatoms. The van der Waals surface area contributed by atoms with Gasteiger partial charge in [0.15, 0.2) is 11.6 Å². The van der Waals surface area contributed by atoms with Crippen molar-refractivity contribution in [2.45, 2.75) is 6.92 Å². The molecule has 104 valence electrons. The molecule has 2 aromatic rings. The van der Waals surface area contributed by atoms with E-state index in [1.807, 2.05) is 0 Å². The van der Waals surface area contributed by atoms with Gasteiger partial charge in [-0.3, -0.25) is 4.79 Å². The third-order valence-electron chi connectivity index (χ3n) is 2.57. The standard InChI is InChI=1S/C14H14FN3O2/c1-2-20-12-6-5-9(8-11(12)15)18-14(19)10-4-3-7-17-13(10)16/h3-8H,2H2,1H3,(H2,16,17)(H,18,19). The number of amides is 1. The lowest BCUT2D eigenvalue weighted by Crippen LogP contribution is -2.14. The van der Waals surface area contributed by atoms with Crippen molar-refractivity contribution in [2.24, 2.45) is 0 Å². The van der Waals surface area contributed by atoms with Gasteiger partial charge in [0.25, 0.3) is 5.91 Å². The Bertz CT molecular complexity index is 632. The van der Waals surface area contributed by atoms with Crippen LogP contribution in [0.2, 0.25) is 0 Å². The first-order valence-corrected chi connectivity index (χ1v) is 6.06. The van der Waals surface area contributed by atoms with Crippen molar-refractivity contribution in [2.75, 3.05) is 17.7 Å². The van der Waals surface area contributed by atoms with Crippen LogP contribution in [0, 0.1) is 5.82 Å². The lowest BCUT2D eigenvalue weighted by Gasteiger charge is -2.09. The molecular weight excluding hydrogens is 261 g/mol. The van der Waals surface area contributed by atoms with Gasteiger partial charge in [-0.2, -0.15) is 0 Å². The first kappa shape index (κ1) is 13.8. The van der Waals surface area contributed by atoms with Gasteiger partial charge in [-0.05, 0) is 31.2 Å². The van der Waals surface area contributed by atoms with Crippen LogP contribution >= 0.6 is 0 Å². The van der Waals surface area contributed by atoms with E-state index in [0.29, 0.717) is 12.3 Å². The summed E-state index contributed by atoms with van der Waals surface area (Å²) < 4.78 is 18.7. The molecule has 0 spiro atoms. The Morgan fingerprint density at radius 3 is 2.90 bits per heavy atom. The molecule has 0 aliphatic heterocycles. The number of pyridine rings is 1. The molecule has 0 bridgehead atoms. The smallest absolute Gasteiger partial charge is 0.259 e. The summed E-state index contributed by atoms with van der Waals surface area (Å²) in [6, 6.07) is 7.35. The van der Waals surface area contributed by atoms with Crippen LogP contribution in [0.4, 0.5) is 15.9 Å². The molecule has 0 radical (unpaired) electrons. The highest BCUT2D eigenvalue weighted by Gasteiger charge is 2.11. The monoisotopic (exact) mass is 275 g/mol. The Balaban J connectivity index is 2.16. The maximum absolute atomic E-state index is 13.7. The molecule has 5 nitrogen and oxygen atoms in total. The van der Waals surface area contributed by atoms with Gasteiger partial charge in [0.2, 0.25) is 0 Å². The summed E-state index contributed by atoms with van der Waals surface area (Å²) in [5.74, 6) is -0.717. The van der Waals surface area contributed by atoms with E-state index in [2.05, 4.69) is 10.3 Å². The Hall–Kier alpha value is -2.63. The number of carbonyl (C=O) groups excluding carboxylic acids is 1. The summed E-state index contributed by atoms with van der Waals surface area (Å²) in [6.45, 7) is 2.13. The summed E-state index contributed by atoms with van der Waals surface area (Å²) in [5, 5.41) is 2.55. The van der Waals surface area contributed by atoms with E-state index in [4.69, 9.17) is 10.5 Å². The van der Waals surface area contributed by atoms with Gasteiger partial charge in [-0.15, -0.1) is 0 Å². The summed E-state index contributed by atoms with van der Waals surface area (Å²) in [4.78, 5) is 15.8. The maximum Gasteiger partial charge on any atom is 0.259 e. The quantitative estimate of drug-likeness (QED) is 0.898. The van der Waals surface area contributed by atoms with Gasteiger partial charge < -0.3 is 15.8 Å². The molecule has 0 atom stereocenters. The number of halogens is 1. The van der Waals surface area contributed by atoms with Gasteiger partial charge in [-0.1, -0.05) is 0 Å². The predicted molar refractivity (Wildman–Crippen MR) is 74.2 cm³/mol. The molecule has 0 saturated heterocycles. The number of carbonyl (C=O) groups is 1. The van der Waals surface area contributed by atoms with Crippen LogP contribution in [0.25, 0.3) is 0 Å². The fourth-order valence-electron chi connectivity index (χ4n) is 1.66. The molecule has 2 rings (SSSR count). The summed E-state index contributed by atoms with van der Waals surface area (Å²) >= 11 is 0. The van der Waals surface area contributed by atoms with Crippen molar-refractivity contribution in [3.63, 3.8) is 0 Å². The average molecular weight is 275 g/mol. The average Bonchev–Trinajstić information content (AvgIpc) is 2.42. The van der Waals surface area contributed by atoms with Crippen molar-refractivity contribution in [3.05, 3.63) is 47.9 Å². The molecule has 1 amide bonds. The highest BCUT2D eigenvalue weighted by atomic mass is 19.1. The number of ether oxygens (including phenoxy) is 1. The van der Waals surface area contributed by atoms with Crippen LogP contribution in [-0.4, -0.2) is 17.5 Å². The van der Waals surface area contributed by atoms with Crippen LogP contribution in [-0.2, 0) is 0 Å². The summed E-state index contributed by atoms with van der Waals surface area (Å²) in [7, 11) is 0. The lowest BCUT2D eigenvalue weighted by atomic mass is 10.2. The van der Waals surface area contributed by atoms with Crippen molar-refractivity contribution in [3.8, 4) is 5.75 Å². The van der Waals surface area contributed by atoms with Gasteiger partial charge in [0.05, 0.1) is 12.2 Å². The molecule has 1 heterocycles. The molecule has 3 N–H and O–H groups in total. The third kappa shape index (κ3) is 3.03. The van der Waals surface area contributed by atoms with Gasteiger partial charge in [0, 0.05) is 18.0 Å². The van der Waals surface area contributed by atoms with E-state index in [1.165, 1.54) is 18.3 Å². The van der Waals surface area contributed by atoms with E-state index in [-0.39, 0.29) is 17.1 Å². The number of nitrogens with zero attached hydrogens (tertiary/aromatic N) is 1. The molecule has 0 saturated carbocycles. The zero-order valence-electron chi connectivity index (χ0n) is 10.9. The predicted octanol–water partition coefficient (Wildman–Crippen LogP) is 2.45. The summed E-state index contributed by atoms with van der Waals surface area (Å²) in [6.07, 6.45) is 1.49. The molecule has 0 unspecified atom stereocenters. The van der Waals surface area contributed by atoms with Crippen LogP contribution in [0.15, 0.2) is 36.5 Å². The SMILES string of the molecule is CCOc1ccc(NC(=O)c2cccnc2N)cc1F. The first-order valence-electron chi connectivity index (χ1n) is 6.06. The normalized spacial score (nSPS) is 10.1. The number of benzene rings is 1. The van der Waals surface area contributed by atoms with Gasteiger partial charge in [-0.25, -0.2) is 9.37 Å². The molecule has 1 aromatic heterocycles. The van der Waals surface area contributed by atoms with Crippen LogP contribution in [0.5, 0.6) is 5.75 Å². The Morgan fingerprint density at radius 2 is 2.25 bits per heavy atom. The van der Waals surface area contributed by atoms with Gasteiger partial charge in [0.1, 0.15) is 5.82 Å². The van der Waals surface area contributed by atoms with E-state index in [1.54, 1.807) is 25.1 Å². The Kier molecular flexibility index (Phi) is 4.14. The van der Waals surface area contributed by atoms with E-state index in [0.717, 1.165) is 0 Å². The third-order valence-corrected chi connectivity index (χ3v) is 2.57. The number of nitrogens with one attached hydrogen (secondary N) is 1. The fourth-order valence-corrected chi connectivity index (χ4v) is 1.66. The van der Waals surface area contributed by atoms with E-state index < -0.39 is 11.7 Å². The zero-order valence-corrected chi connectivity index (χ0v) is 10.9. The first-order chi connectivity index (χ1) is 9.61. The number of rotatable bonds is 4. The van der Waals surface area contributed by atoms with Crippen molar-refractivity contribution >= 4 is 17.4 Å².